The van der Waals surface area contributed by atoms with Crippen LogP contribution in [0.2, 0.25) is 5.02 Å². The van der Waals surface area contributed by atoms with Crippen LogP contribution in [0, 0.1) is 20.8 Å². The molecule has 0 atom stereocenters. The highest BCUT2D eigenvalue weighted by Crippen LogP contribution is 2.26. The number of aromatic nitrogens is 1. The molecule has 0 aliphatic carbocycles. The van der Waals surface area contributed by atoms with E-state index in [1.807, 2.05) is 44.2 Å². The van der Waals surface area contributed by atoms with Gasteiger partial charge in [0.05, 0.1) is 18.2 Å². The Labute approximate surface area is 207 Å². The van der Waals surface area contributed by atoms with Gasteiger partial charge in [0.25, 0.3) is 5.91 Å². The first-order chi connectivity index (χ1) is 15.5. The second kappa shape index (κ2) is 10.1. The molecule has 2 aromatic carbocycles. The number of rotatable bonds is 7. The number of hydrogen-bond acceptors (Lipinski definition) is 4. The van der Waals surface area contributed by atoms with E-state index in [1.165, 1.54) is 6.07 Å². The monoisotopic (exact) mass is 550 g/mol. The van der Waals surface area contributed by atoms with Gasteiger partial charge in [0.15, 0.2) is 0 Å². The van der Waals surface area contributed by atoms with Gasteiger partial charge in [-0.2, -0.15) is 5.10 Å². The van der Waals surface area contributed by atoms with Crippen molar-refractivity contribution in [2.24, 2.45) is 5.10 Å². The first-order valence-corrected chi connectivity index (χ1v) is 13.0. The highest BCUT2D eigenvalue weighted by atomic mass is 79.9. The molecule has 0 saturated heterocycles. The molecule has 1 amide bonds. The lowest BCUT2D eigenvalue weighted by Gasteiger charge is -2.23. The van der Waals surface area contributed by atoms with Crippen LogP contribution >= 0.6 is 27.5 Å². The first kappa shape index (κ1) is 25.0. The number of halogens is 2. The van der Waals surface area contributed by atoms with Crippen molar-refractivity contribution in [3.05, 3.63) is 80.5 Å². The number of sulfonamides is 1. The van der Waals surface area contributed by atoms with Crippen molar-refractivity contribution in [1.82, 2.24) is 9.99 Å². The highest BCUT2D eigenvalue weighted by molar-refractivity contribution is 9.10. The molecule has 1 aromatic heterocycles. The summed E-state index contributed by atoms with van der Waals surface area (Å²) in [5, 5.41) is 4.42. The third-order valence-electron chi connectivity index (χ3n) is 5.08. The molecule has 0 radical (unpaired) electrons. The van der Waals surface area contributed by atoms with Gasteiger partial charge in [-0.05, 0) is 68.8 Å². The van der Waals surface area contributed by atoms with Gasteiger partial charge >= 0.3 is 0 Å². The number of nitrogens with zero attached hydrogens (tertiary/aromatic N) is 3. The van der Waals surface area contributed by atoms with Crippen molar-refractivity contribution >= 4 is 55.4 Å². The summed E-state index contributed by atoms with van der Waals surface area (Å²) < 4.78 is 28.7. The zero-order valence-corrected chi connectivity index (χ0v) is 21.8. The number of benzene rings is 2. The zero-order chi connectivity index (χ0) is 24.3. The Bertz CT molecular complexity index is 1320. The predicted molar refractivity (Wildman–Crippen MR) is 137 cm³/mol. The Morgan fingerprint density at radius 2 is 1.82 bits per heavy atom. The van der Waals surface area contributed by atoms with Gasteiger partial charge in [0, 0.05) is 32.1 Å². The SMILES string of the molecule is Cc1ccc(Cl)cc1N(CC(=O)N/N=C\c1cc(C)n(-c2ccc(Br)cc2)c1C)S(C)(=O)=O. The normalized spacial score (nSPS) is 11.7. The summed E-state index contributed by atoms with van der Waals surface area (Å²) in [7, 11) is -3.72. The summed E-state index contributed by atoms with van der Waals surface area (Å²) >= 11 is 9.47. The number of carbonyl (C=O) groups excluding carboxylic acids is 1. The molecule has 0 aliphatic rings. The Balaban J connectivity index is 1.76. The van der Waals surface area contributed by atoms with E-state index in [9.17, 15) is 13.2 Å². The highest BCUT2D eigenvalue weighted by Gasteiger charge is 2.22. The van der Waals surface area contributed by atoms with Gasteiger partial charge in [0.2, 0.25) is 10.0 Å². The van der Waals surface area contributed by atoms with Crippen molar-refractivity contribution in [1.29, 1.82) is 0 Å². The predicted octanol–water partition coefficient (Wildman–Crippen LogP) is 4.73. The molecule has 0 unspecified atom stereocenters. The molecule has 3 aromatic rings. The van der Waals surface area contributed by atoms with Crippen LogP contribution < -0.4 is 9.73 Å². The number of hydrazone groups is 1. The topological polar surface area (TPSA) is 83.8 Å². The van der Waals surface area contributed by atoms with E-state index in [1.54, 1.807) is 25.3 Å². The first-order valence-electron chi connectivity index (χ1n) is 9.98. The van der Waals surface area contributed by atoms with Crippen LogP contribution in [-0.2, 0) is 14.8 Å². The summed E-state index contributed by atoms with van der Waals surface area (Å²) in [5.74, 6) is -0.572. The molecule has 0 aliphatic heterocycles. The molecule has 1 heterocycles. The van der Waals surface area contributed by atoms with Gasteiger partial charge in [-0.25, -0.2) is 13.8 Å². The molecule has 10 heteroatoms. The lowest BCUT2D eigenvalue weighted by Crippen LogP contribution is -2.39. The fraction of sp³-hybridized carbons (Fsp3) is 0.217. The largest absolute Gasteiger partial charge is 0.318 e. The quantitative estimate of drug-likeness (QED) is 0.340. The van der Waals surface area contributed by atoms with Crippen molar-refractivity contribution < 1.29 is 13.2 Å². The second-order valence-electron chi connectivity index (χ2n) is 7.63. The molecule has 174 valence electrons. The minimum absolute atomic E-state index is 0.349. The molecular weight excluding hydrogens is 528 g/mol. The maximum Gasteiger partial charge on any atom is 0.260 e. The summed E-state index contributed by atoms with van der Waals surface area (Å²) in [4.78, 5) is 12.5. The van der Waals surface area contributed by atoms with Gasteiger partial charge in [-0.3, -0.25) is 9.10 Å². The van der Waals surface area contributed by atoms with Crippen LogP contribution in [0.15, 0.2) is 58.1 Å². The third-order valence-corrected chi connectivity index (χ3v) is 6.97. The maximum atomic E-state index is 12.5. The minimum Gasteiger partial charge on any atom is -0.318 e. The molecule has 3 rings (SSSR count). The fourth-order valence-electron chi connectivity index (χ4n) is 3.48. The fourth-order valence-corrected chi connectivity index (χ4v) is 4.81. The van der Waals surface area contributed by atoms with Crippen LogP contribution in [0.5, 0.6) is 0 Å². The molecule has 33 heavy (non-hydrogen) atoms. The molecule has 0 fully saturated rings. The van der Waals surface area contributed by atoms with E-state index in [-0.39, 0.29) is 0 Å². The molecule has 1 N–H and O–H groups in total. The zero-order valence-electron chi connectivity index (χ0n) is 18.6. The average Bonchev–Trinajstić information content (AvgIpc) is 3.01. The molecule has 0 spiro atoms. The van der Waals surface area contributed by atoms with Crippen molar-refractivity contribution in [2.45, 2.75) is 20.8 Å². The molecule has 7 nitrogen and oxygen atoms in total. The number of nitrogens with one attached hydrogen (secondary N) is 1. The number of amides is 1. The van der Waals surface area contributed by atoms with Crippen molar-refractivity contribution in [2.75, 3.05) is 17.1 Å². The maximum absolute atomic E-state index is 12.5. The molecular formula is C23H24BrClN4O3S. The Hall–Kier alpha value is -2.62. The van der Waals surface area contributed by atoms with Gasteiger partial charge in [-0.15, -0.1) is 0 Å². The molecule has 0 bridgehead atoms. The van der Waals surface area contributed by atoms with Gasteiger partial charge in [0.1, 0.15) is 6.54 Å². The van der Waals surface area contributed by atoms with Gasteiger partial charge in [-0.1, -0.05) is 33.6 Å². The van der Waals surface area contributed by atoms with Crippen LogP contribution in [-0.4, -0.2) is 37.9 Å². The average molecular weight is 552 g/mol. The van der Waals surface area contributed by atoms with E-state index < -0.39 is 22.5 Å². The number of anilines is 1. The number of carbonyl (C=O) groups is 1. The summed E-state index contributed by atoms with van der Waals surface area (Å²) in [6.07, 6.45) is 2.59. The van der Waals surface area contributed by atoms with Crippen LogP contribution in [0.4, 0.5) is 5.69 Å². The van der Waals surface area contributed by atoms with E-state index in [0.717, 1.165) is 37.7 Å². The summed E-state index contributed by atoms with van der Waals surface area (Å²) in [6.45, 7) is 5.28. The van der Waals surface area contributed by atoms with Crippen molar-refractivity contribution in [3.8, 4) is 5.69 Å². The minimum atomic E-state index is -3.72. The Morgan fingerprint density at radius 3 is 2.45 bits per heavy atom. The lowest BCUT2D eigenvalue weighted by molar-refractivity contribution is -0.119. The van der Waals surface area contributed by atoms with E-state index in [2.05, 4.69) is 31.0 Å². The standard InChI is InChI=1S/C23H24BrClN4O3S/c1-15-5-8-20(25)12-22(15)28(33(4,31)32)14-23(30)27-26-13-18-11-16(2)29(17(18)3)21-9-6-19(24)7-10-21/h5-13H,14H2,1-4H3,(H,27,30)/b26-13-. The van der Waals surface area contributed by atoms with Crippen molar-refractivity contribution in [3.63, 3.8) is 0 Å². The summed E-state index contributed by atoms with van der Waals surface area (Å²) in [5.41, 5.74) is 7.27. The second-order valence-corrected chi connectivity index (χ2v) is 10.9. The third kappa shape index (κ3) is 6.04. The summed E-state index contributed by atoms with van der Waals surface area (Å²) in [6, 6.07) is 14.8. The van der Waals surface area contributed by atoms with Crippen LogP contribution in [0.3, 0.4) is 0 Å². The Morgan fingerprint density at radius 1 is 1.15 bits per heavy atom. The smallest absolute Gasteiger partial charge is 0.260 e. The Kier molecular flexibility index (Phi) is 7.66. The van der Waals surface area contributed by atoms with E-state index in [4.69, 9.17) is 11.6 Å². The number of hydrogen-bond donors (Lipinski definition) is 1. The van der Waals surface area contributed by atoms with Crippen LogP contribution in [0.25, 0.3) is 5.69 Å². The number of aryl methyl sites for hydroxylation is 2. The molecule has 0 saturated carbocycles. The van der Waals surface area contributed by atoms with Gasteiger partial charge < -0.3 is 4.57 Å². The lowest BCUT2D eigenvalue weighted by atomic mass is 10.2. The van der Waals surface area contributed by atoms with Crippen LogP contribution in [0.1, 0.15) is 22.5 Å². The van der Waals surface area contributed by atoms with E-state index >= 15 is 0 Å². The van der Waals surface area contributed by atoms with E-state index in [0.29, 0.717) is 16.3 Å².